The van der Waals surface area contributed by atoms with Gasteiger partial charge >= 0.3 is 0 Å². The average Bonchev–Trinajstić information content (AvgIpc) is 2.68. The van der Waals surface area contributed by atoms with Crippen LogP contribution < -0.4 is 15.8 Å². The van der Waals surface area contributed by atoms with E-state index in [1.807, 2.05) is 24.3 Å². The van der Waals surface area contributed by atoms with Crippen LogP contribution in [0, 0.1) is 0 Å². The molecule has 1 aromatic heterocycles. The van der Waals surface area contributed by atoms with Crippen LogP contribution in [0.2, 0.25) is 0 Å². The zero-order valence-corrected chi connectivity index (χ0v) is 13.8. The van der Waals surface area contributed by atoms with Crippen molar-refractivity contribution in [1.29, 1.82) is 0 Å². The third kappa shape index (κ3) is 4.24. The fourth-order valence-electron chi connectivity index (χ4n) is 2.36. The highest BCUT2D eigenvalue weighted by Gasteiger charge is 2.20. The number of pyridine rings is 1. The molecule has 2 amide bonds. The monoisotopic (exact) mass is 347 g/mol. The molecule has 0 bridgehead atoms. The van der Waals surface area contributed by atoms with Gasteiger partial charge in [0.05, 0.1) is 5.56 Å². The summed E-state index contributed by atoms with van der Waals surface area (Å²) in [5.74, 6) is -0.0738. The second kappa shape index (κ2) is 7.94. The molecule has 0 saturated carbocycles. The van der Waals surface area contributed by atoms with Crippen molar-refractivity contribution in [3.8, 4) is 11.6 Å². The van der Waals surface area contributed by atoms with Crippen LogP contribution in [0.3, 0.4) is 0 Å². The topological polar surface area (TPSA) is 94.3 Å². The molecular weight excluding hydrogens is 330 g/mol. The lowest BCUT2D eigenvalue weighted by molar-refractivity contribution is -0.120. The van der Waals surface area contributed by atoms with E-state index in [9.17, 15) is 9.59 Å². The Kier molecular flexibility index (Phi) is 5.24. The molecule has 3 N–H and O–H groups in total. The number of nitrogens with one attached hydrogen (secondary N) is 1. The van der Waals surface area contributed by atoms with Crippen LogP contribution >= 0.6 is 0 Å². The normalized spacial score (nSPS) is 11.4. The van der Waals surface area contributed by atoms with E-state index in [0.717, 1.165) is 0 Å². The third-order valence-corrected chi connectivity index (χ3v) is 3.66. The maximum atomic E-state index is 12.4. The molecule has 0 unspecified atom stereocenters. The highest BCUT2D eigenvalue weighted by Crippen LogP contribution is 2.19. The molecular formula is C20H17N3O3. The minimum Gasteiger partial charge on any atom is -0.439 e. The van der Waals surface area contributed by atoms with Gasteiger partial charge in [0.2, 0.25) is 11.8 Å². The summed E-state index contributed by atoms with van der Waals surface area (Å²) in [6.45, 7) is 0. The molecule has 1 atom stereocenters. The molecule has 0 saturated heterocycles. The maximum absolute atomic E-state index is 12.4. The quantitative estimate of drug-likeness (QED) is 0.717. The summed E-state index contributed by atoms with van der Waals surface area (Å²) >= 11 is 0. The Balaban J connectivity index is 1.70. The van der Waals surface area contributed by atoms with Gasteiger partial charge in [0.1, 0.15) is 11.8 Å². The van der Waals surface area contributed by atoms with Crippen molar-refractivity contribution < 1.29 is 14.3 Å². The number of aromatic nitrogens is 1. The molecule has 0 spiro atoms. The molecule has 1 heterocycles. The number of benzene rings is 2. The van der Waals surface area contributed by atoms with Crippen LogP contribution in [0.25, 0.3) is 0 Å². The molecule has 3 rings (SSSR count). The van der Waals surface area contributed by atoms with Crippen molar-refractivity contribution in [1.82, 2.24) is 10.3 Å². The zero-order chi connectivity index (χ0) is 18.4. The van der Waals surface area contributed by atoms with Gasteiger partial charge in [-0.1, -0.05) is 48.5 Å². The van der Waals surface area contributed by atoms with Crippen LogP contribution in [-0.4, -0.2) is 16.8 Å². The SMILES string of the molecule is NC(=O)[C@H](NC(=O)c1ccc(Oc2ccccc2)nc1)c1ccccc1. The first-order chi connectivity index (χ1) is 12.6. The summed E-state index contributed by atoms with van der Waals surface area (Å²) in [4.78, 5) is 28.2. The molecule has 0 aliphatic rings. The Hall–Kier alpha value is -3.67. The van der Waals surface area contributed by atoms with Gasteiger partial charge in [-0.2, -0.15) is 0 Å². The van der Waals surface area contributed by atoms with Crippen molar-refractivity contribution in [2.45, 2.75) is 6.04 Å². The van der Waals surface area contributed by atoms with Crippen molar-refractivity contribution >= 4 is 11.8 Å². The Morgan fingerprint density at radius 3 is 2.15 bits per heavy atom. The van der Waals surface area contributed by atoms with Gasteiger partial charge in [-0.15, -0.1) is 0 Å². The van der Waals surface area contributed by atoms with Gasteiger partial charge in [-0.25, -0.2) is 4.98 Å². The molecule has 0 radical (unpaired) electrons. The van der Waals surface area contributed by atoms with E-state index in [-0.39, 0.29) is 0 Å². The van der Waals surface area contributed by atoms with E-state index in [1.54, 1.807) is 48.5 Å². The second-order valence-electron chi connectivity index (χ2n) is 5.52. The number of primary amides is 1. The number of nitrogens with zero attached hydrogens (tertiary/aromatic N) is 1. The number of carbonyl (C=O) groups is 2. The summed E-state index contributed by atoms with van der Waals surface area (Å²) in [6.07, 6.45) is 1.39. The van der Waals surface area contributed by atoms with Gasteiger partial charge in [-0.3, -0.25) is 9.59 Å². The van der Waals surface area contributed by atoms with Crippen LogP contribution in [0.1, 0.15) is 22.0 Å². The number of hydrogen-bond acceptors (Lipinski definition) is 4. The van der Waals surface area contributed by atoms with E-state index in [2.05, 4.69) is 10.3 Å². The molecule has 0 fully saturated rings. The number of carbonyl (C=O) groups excluding carboxylic acids is 2. The van der Waals surface area contributed by atoms with Crippen molar-refractivity contribution in [3.05, 3.63) is 90.1 Å². The second-order valence-corrected chi connectivity index (χ2v) is 5.52. The number of hydrogen-bond donors (Lipinski definition) is 2. The average molecular weight is 347 g/mol. The summed E-state index contributed by atoms with van der Waals surface area (Å²) in [7, 11) is 0. The highest BCUT2D eigenvalue weighted by atomic mass is 16.5. The van der Waals surface area contributed by atoms with Gasteiger partial charge in [0.25, 0.3) is 5.91 Å². The van der Waals surface area contributed by atoms with E-state index in [1.165, 1.54) is 6.20 Å². The van der Waals surface area contributed by atoms with Crippen LogP contribution in [0.4, 0.5) is 0 Å². The summed E-state index contributed by atoms with van der Waals surface area (Å²) in [6, 6.07) is 20.3. The minimum atomic E-state index is -0.913. The number of para-hydroxylation sites is 1. The predicted octanol–water partition coefficient (Wildman–Crippen LogP) is 2.83. The summed E-state index contributed by atoms with van der Waals surface area (Å²) in [5.41, 5.74) is 6.33. The standard InChI is InChI=1S/C20H17N3O3/c21-19(24)18(14-7-3-1-4-8-14)23-20(25)15-11-12-17(22-13-15)26-16-9-5-2-6-10-16/h1-13,18H,(H2,21,24)(H,23,25)/t18-/m1/s1. The van der Waals surface area contributed by atoms with Gasteiger partial charge in [0.15, 0.2) is 0 Å². The van der Waals surface area contributed by atoms with Crippen LogP contribution in [0.15, 0.2) is 79.0 Å². The smallest absolute Gasteiger partial charge is 0.253 e. The summed E-state index contributed by atoms with van der Waals surface area (Å²) in [5, 5.41) is 2.62. The molecule has 26 heavy (non-hydrogen) atoms. The minimum absolute atomic E-state index is 0.299. The number of ether oxygens (including phenoxy) is 1. The van der Waals surface area contributed by atoms with Gasteiger partial charge in [0, 0.05) is 12.3 Å². The fraction of sp³-hybridized carbons (Fsp3) is 0.0500. The Labute approximate surface area is 150 Å². The molecule has 0 aliphatic heterocycles. The van der Waals surface area contributed by atoms with Crippen molar-refractivity contribution in [2.75, 3.05) is 0 Å². The molecule has 6 nitrogen and oxygen atoms in total. The highest BCUT2D eigenvalue weighted by molar-refractivity contribution is 5.97. The lowest BCUT2D eigenvalue weighted by Gasteiger charge is -2.15. The zero-order valence-electron chi connectivity index (χ0n) is 13.8. The first kappa shape index (κ1) is 17.2. The fourth-order valence-corrected chi connectivity index (χ4v) is 2.36. The molecule has 130 valence electrons. The molecule has 2 aromatic carbocycles. The first-order valence-electron chi connectivity index (χ1n) is 7.97. The van der Waals surface area contributed by atoms with Gasteiger partial charge in [-0.05, 0) is 23.8 Å². The van der Waals surface area contributed by atoms with E-state index in [4.69, 9.17) is 10.5 Å². The number of nitrogens with two attached hydrogens (primary N) is 1. The lowest BCUT2D eigenvalue weighted by atomic mass is 10.1. The van der Waals surface area contributed by atoms with E-state index >= 15 is 0 Å². The van der Waals surface area contributed by atoms with Crippen LogP contribution in [0.5, 0.6) is 11.6 Å². The van der Waals surface area contributed by atoms with Gasteiger partial charge < -0.3 is 15.8 Å². The van der Waals surface area contributed by atoms with Crippen molar-refractivity contribution in [2.24, 2.45) is 5.73 Å². The summed E-state index contributed by atoms with van der Waals surface area (Å²) < 4.78 is 5.58. The maximum Gasteiger partial charge on any atom is 0.253 e. The van der Waals surface area contributed by atoms with Crippen molar-refractivity contribution in [3.63, 3.8) is 0 Å². The molecule has 3 aromatic rings. The molecule has 0 aliphatic carbocycles. The Morgan fingerprint density at radius 1 is 0.923 bits per heavy atom. The number of rotatable bonds is 6. The third-order valence-electron chi connectivity index (χ3n) is 3.66. The lowest BCUT2D eigenvalue weighted by Crippen LogP contribution is -2.37. The predicted molar refractivity (Wildman–Crippen MR) is 96.6 cm³/mol. The van der Waals surface area contributed by atoms with Crippen LogP contribution in [-0.2, 0) is 4.79 Å². The molecule has 6 heteroatoms. The Bertz CT molecular complexity index is 881. The first-order valence-corrected chi connectivity index (χ1v) is 7.97. The van der Waals surface area contributed by atoms with E-state index < -0.39 is 17.9 Å². The largest absolute Gasteiger partial charge is 0.439 e. The van der Waals surface area contributed by atoms with E-state index in [0.29, 0.717) is 22.8 Å². The Morgan fingerprint density at radius 2 is 1.58 bits per heavy atom. The number of amides is 2.